The molecule has 1 aromatic rings. The van der Waals surface area contributed by atoms with Crippen LogP contribution in [0, 0.1) is 5.41 Å². The van der Waals surface area contributed by atoms with Crippen LogP contribution in [0.15, 0.2) is 30.3 Å². The summed E-state index contributed by atoms with van der Waals surface area (Å²) in [5, 5.41) is 9.56. The molecule has 112 valence electrons. The molecule has 1 N–H and O–H groups in total. The minimum Gasteiger partial charge on any atom is -0.480 e. The fourth-order valence-corrected chi connectivity index (χ4v) is 4.01. The highest BCUT2D eigenvalue weighted by Gasteiger charge is 2.56. The maximum absolute atomic E-state index is 12.3. The van der Waals surface area contributed by atoms with Gasteiger partial charge in [-0.1, -0.05) is 37.3 Å². The van der Waals surface area contributed by atoms with Gasteiger partial charge in [-0.25, -0.2) is 0 Å². The lowest BCUT2D eigenvalue weighted by Gasteiger charge is -2.38. The molecule has 4 nitrogen and oxygen atoms in total. The number of benzene rings is 1. The van der Waals surface area contributed by atoms with Crippen molar-refractivity contribution >= 4 is 11.8 Å². The molecule has 0 spiro atoms. The molecule has 1 aliphatic carbocycles. The summed E-state index contributed by atoms with van der Waals surface area (Å²) in [6.45, 7) is 2.56. The zero-order chi connectivity index (χ0) is 15.0. The minimum atomic E-state index is -0.811. The molecule has 0 unspecified atom stereocenters. The Balaban J connectivity index is 1.92. The van der Waals surface area contributed by atoms with Crippen molar-refractivity contribution in [2.45, 2.75) is 51.2 Å². The largest absolute Gasteiger partial charge is 0.480 e. The van der Waals surface area contributed by atoms with Gasteiger partial charge >= 0.3 is 5.97 Å². The molecule has 1 saturated carbocycles. The maximum Gasteiger partial charge on any atom is 0.320 e. The van der Waals surface area contributed by atoms with E-state index < -0.39 is 17.4 Å². The lowest BCUT2D eigenvalue weighted by molar-refractivity contribution is -0.143. The zero-order valence-corrected chi connectivity index (χ0v) is 12.3. The predicted octanol–water partition coefficient (Wildman–Crippen LogP) is 2.47. The summed E-state index contributed by atoms with van der Waals surface area (Å²) in [6, 6.07) is 9.41. The Labute approximate surface area is 124 Å². The van der Waals surface area contributed by atoms with Gasteiger partial charge in [0.25, 0.3) is 0 Å². The van der Waals surface area contributed by atoms with Gasteiger partial charge in [0.15, 0.2) is 0 Å². The molecule has 0 amide bonds. The van der Waals surface area contributed by atoms with Crippen LogP contribution in [0.3, 0.4) is 0 Å². The molecule has 21 heavy (non-hydrogen) atoms. The monoisotopic (exact) mass is 287 g/mol. The van der Waals surface area contributed by atoms with Crippen LogP contribution >= 0.6 is 0 Å². The van der Waals surface area contributed by atoms with Crippen LogP contribution in [0.2, 0.25) is 0 Å². The fraction of sp³-hybridized carbons (Fsp3) is 0.529. The quantitative estimate of drug-likeness (QED) is 0.928. The van der Waals surface area contributed by atoms with E-state index in [2.05, 4.69) is 0 Å². The fourth-order valence-electron chi connectivity index (χ4n) is 4.01. The topological polar surface area (TPSA) is 57.6 Å². The van der Waals surface area contributed by atoms with Crippen LogP contribution in [-0.2, 0) is 16.1 Å². The van der Waals surface area contributed by atoms with E-state index in [4.69, 9.17) is 0 Å². The molecular weight excluding hydrogens is 266 g/mol. The van der Waals surface area contributed by atoms with Gasteiger partial charge < -0.3 is 5.11 Å². The van der Waals surface area contributed by atoms with Crippen molar-refractivity contribution in [3.63, 3.8) is 0 Å². The van der Waals surface area contributed by atoms with Crippen LogP contribution < -0.4 is 0 Å². The van der Waals surface area contributed by atoms with Gasteiger partial charge in [-0.15, -0.1) is 0 Å². The van der Waals surface area contributed by atoms with Gasteiger partial charge in [0.1, 0.15) is 11.8 Å². The molecule has 1 heterocycles. The number of aliphatic carboxylic acids is 1. The van der Waals surface area contributed by atoms with Crippen LogP contribution in [0.1, 0.15) is 38.2 Å². The second-order valence-corrected chi connectivity index (χ2v) is 6.46. The lowest BCUT2D eigenvalue weighted by atomic mass is 9.70. The van der Waals surface area contributed by atoms with Crippen molar-refractivity contribution in [1.82, 2.24) is 4.90 Å². The van der Waals surface area contributed by atoms with Crippen molar-refractivity contribution in [2.75, 3.05) is 0 Å². The Bertz CT molecular complexity index is 556. The number of hydrogen-bond acceptors (Lipinski definition) is 3. The molecular formula is C17H21NO3. The number of carbonyl (C=O) groups excluding carboxylic acids is 1. The molecule has 2 fully saturated rings. The van der Waals surface area contributed by atoms with E-state index in [0.717, 1.165) is 18.4 Å². The molecule has 3 rings (SSSR count). The van der Waals surface area contributed by atoms with Crippen molar-refractivity contribution in [3.8, 4) is 0 Å². The number of likely N-dealkylation sites (tertiary alicyclic amines) is 1. The summed E-state index contributed by atoms with van der Waals surface area (Å²) < 4.78 is 0. The first-order chi connectivity index (χ1) is 10.0. The first kappa shape index (κ1) is 14.3. The Morgan fingerprint density at radius 3 is 2.76 bits per heavy atom. The third-order valence-corrected chi connectivity index (χ3v) is 5.16. The molecule has 4 heteroatoms. The Morgan fingerprint density at radius 1 is 1.38 bits per heavy atom. The number of carboxylic acid groups (broad SMARTS) is 1. The van der Waals surface area contributed by atoms with Crippen LogP contribution in [0.5, 0.6) is 0 Å². The molecule has 0 aromatic heterocycles. The Hall–Kier alpha value is -1.68. The van der Waals surface area contributed by atoms with Crippen molar-refractivity contribution in [3.05, 3.63) is 35.9 Å². The van der Waals surface area contributed by atoms with Crippen molar-refractivity contribution in [2.24, 2.45) is 5.41 Å². The molecule has 1 aromatic carbocycles. The van der Waals surface area contributed by atoms with Gasteiger partial charge in [-0.2, -0.15) is 0 Å². The van der Waals surface area contributed by atoms with E-state index >= 15 is 0 Å². The van der Waals surface area contributed by atoms with Gasteiger partial charge in [0.05, 0.1) is 0 Å². The van der Waals surface area contributed by atoms with Crippen molar-refractivity contribution < 1.29 is 14.7 Å². The summed E-state index contributed by atoms with van der Waals surface area (Å²) in [5.41, 5.74) is 0.613. The highest BCUT2D eigenvalue weighted by molar-refractivity contribution is 5.88. The summed E-state index contributed by atoms with van der Waals surface area (Å²) in [5.74, 6) is -0.574. The van der Waals surface area contributed by atoms with E-state index in [1.54, 1.807) is 0 Å². The third-order valence-electron chi connectivity index (χ3n) is 5.16. The van der Waals surface area contributed by atoms with E-state index in [1.807, 2.05) is 42.2 Å². The maximum atomic E-state index is 12.3. The summed E-state index contributed by atoms with van der Waals surface area (Å²) >= 11 is 0. The lowest BCUT2D eigenvalue weighted by Crippen LogP contribution is -2.46. The summed E-state index contributed by atoms with van der Waals surface area (Å²) in [7, 11) is 0. The Kier molecular flexibility index (Phi) is 3.57. The van der Waals surface area contributed by atoms with Gasteiger partial charge in [0.2, 0.25) is 0 Å². The summed E-state index contributed by atoms with van der Waals surface area (Å²) in [4.78, 5) is 26.0. The van der Waals surface area contributed by atoms with Crippen molar-refractivity contribution in [1.29, 1.82) is 0 Å². The average Bonchev–Trinajstić information content (AvgIpc) is 2.76. The van der Waals surface area contributed by atoms with E-state index in [9.17, 15) is 14.7 Å². The molecule has 0 radical (unpaired) electrons. The first-order valence-electron chi connectivity index (χ1n) is 7.58. The standard InChI is InChI=1S/C17H21NO3/c1-17-10-13(16(20)21)18(11-12-6-3-2-4-7-12)14(17)8-5-9-15(17)19/h2-4,6-7,13-14H,5,8-11H2,1H3,(H,20,21)/t13-,14+,17+/m0/s1. The second-order valence-electron chi connectivity index (χ2n) is 6.46. The highest BCUT2D eigenvalue weighted by Crippen LogP contribution is 2.47. The van der Waals surface area contributed by atoms with Crippen LogP contribution in [0.25, 0.3) is 0 Å². The van der Waals surface area contributed by atoms with Gasteiger partial charge in [-0.3, -0.25) is 14.5 Å². The number of nitrogens with zero attached hydrogens (tertiary/aromatic N) is 1. The molecule has 2 aliphatic rings. The average molecular weight is 287 g/mol. The van der Waals surface area contributed by atoms with E-state index in [0.29, 0.717) is 19.4 Å². The van der Waals surface area contributed by atoms with E-state index in [-0.39, 0.29) is 11.8 Å². The number of rotatable bonds is 3. The summed E-state index contributed by atoms with van der Waals surface area (Å²) in [6.07, 6.45) is 2.83. The number of carboxylic acids is 1. The number of fused-ring (bicyclic) bond motifs is 1. The number of hydrogen-bond donors (Lipinski definition) is 1. The number of Topliss-reactive ketones (excluding diaryl/α,β-unsaturated/α-hetero) is 1. The number of ketones is 1. The molecule has 1 aliphatic heterocycles. The van der Waals surface area contributed by atoms with Gasteiger partial charge in [-0.05, 0) is 24.8 Å². The van der Waals surface area contributed by atoms with Crippen LogP contribution in [-0.4, -0.2) is 33.8 Å². The normalized spacial score (nSPS) is 32.9. The van der Waals surface area contributed by atoms with E-state index in [1.165, 1.54) is 0 Å². The second kappa shape index (κ2) is 5.26. The molecule has 3 atom stereocenters. The Morgan fingerprint density at radius 2 is 2.10 bits per heavy atom. The minimum absolute atomic E-state index is 0.0556. The SMILES string of the molecule is C[C@@]12C[C@@H](C(=O)O)N(Cc3ccccc3)[C@@H]1CCCC2=O. The predicted molar refractivity (Wildman–Crippen MR) is 78.8 cm³/mol. The smallest absolute Gasteiger partial charge is 0.320 e. The zero-order valence-electron chi connectivity index (χ0n) is 12.3. The number of carbonyl (C=O) groups is 2. The molecule has 0 bridgehead atoms. The highest BCUT2D eigenvalue weighted by atomic mass is 16.4. The van der Waals surface area contributed by atoms with Crippen LogP contribution in [0.4, 0.5) is 0 Å². The molecule has 1 saturated heterocycles. The third kappa shape index (κ3) is 2.38. The first-order valence-corrected chi connectivity index (χ1v) is 7.58. The van der Waals surface area contributed by atoms with Gasteiger partial charge in [0, 0.05) is 24.4 Å².